The van der Waals surface area contributed by atoms with Crippen LogP contribution < -0.4 is 10.0 Å². The van der Waals surface area contributed by atoms with Crippen LogP contribution in [0.5, 0.6) is 0 Å². The van der Waals surface area contributed by atoms with Crippen LogP contribution in [0.1, 0.15) is 6.92 Å². The van der Waals surface area contributed by atoms with Crippen molar-refractivity contribution in [2.45, 2.75) is 11.8 Å². The second kappa shape index (κ2) is 5.71. The van der Waals surface area contributed by atoms with Gasteiger partial charge in [0.25, 0.3) is 10.0 Å². The number of hydrogen-bond acceptors (Lipinski definition) is 4. The van der Waals surface area contributed by atoms with Gasteiger partial charge in [0.15, 0.2) is 0 Å². The van der Waals surface area contributed by atoms with E-state index < -0.39 is 10.0 Å². The number of aromatic nitrogens is 1. The molecule has 0 radical (unpaired) electrons. The standard InChI is InChI=1S/C13H15N3O2S/c1-2-14-11-7-3-4-8-12(11)19(17,18)16-13-9-5-6-10-15-13/h3-10,14H,2H2,1H3,(H,15,16). The maximum absolute atomic E-state index is 12.3. The lowest BCUT2D eigenvalue weighted by Gasteiger charge is -2.12. The van der Waals surface area contributed by atoms with E-state index in [1.807, 2.05) is 6.92 Å². The third-order valence-electron chi connectivity index (χ3n) is 2.45. The molecule has 0 aliphatic heterocycles. The number of pyridine rings is 1. The highest BCUT2D eigenvalue weighted by Gasteiger charge is 2.18. The molecule has 2 N–H and O–H groups in total. The van der Waals surface area contributed by atoms with Gasteiger partial charge in [0.2, 0.25) is 0 Å². The molecule has 1 heterocycles. The van der Waals surface area contributed by atoms with Gasteiger partial charge in [0.1, 0.15) is 10.7 Å². The molecule has 5 nitrogen and oxygen atoms in total. The molecule has 6 heteroatoms. The second-order valence-electron chi connectivity index (χ2n) is 3.85. The summed E-state index contributed by atoms with van der Waals surface area (Å²) in [6, 6.07) is 11.8. The van der Waals surface area contributed by atoms with E-state index in [9.17, 15) is 8.42 Å². The summed E-state index contributed by atoms with van der Waals surface area (Å²) >= 11 is 0. The van der Waals surface area contributed by atoms with E-state index in [4.69, 9.17) is 0 Å². The number of sulfonamides is 1. The minimum absolute atomic E-state index is 0.211. The normalized spacial score (nSPS) is 11.0. The zero-order valence-corrected chi connectivity index (χ0v) is 11.3. The maximum Gasteiger partial charge on any atom is 0.265 e. The van der Waals surface area contributed by atoms with Crippen molar-refractivity contribution in [3.8, 4) is 0 Å². The molecule has 0 unspecified atom stereocenters. The van der Waals surface area contributed by atoms with Crippen molar-refractivity contribution in [3.63, 3.8) is 0 Å². The topological polar surface area (TPSA) is 71.1 Å². The predicted octanol–water partition coefficient (Wildman–Crippen LogP) is 2.31. The number of anilines is 2. The molecule has 19 heavy (non-hydrogen) atoms. The molecule has 0 saturated heterocycles. The van der Waals surface area contributed by atoms with Gasteiger partial charge in [-0.25, -0.2) is 13.4 Å². The van der Waals surface area contributed by atoms with E-state index >= 15 is 0 Å². The molecule has 2 rings (SSSR count). The van der Waals surface area contributed by atoms with E-state index in [1.165, 1.54) is 6.20 Å². The van der Waals surface area contributed by atoms with Crippen molar-refractivity contribution in [3.05, 3.63) is 48.7 Å². The van der Waals surface area contributed by atoms with Crippen LogP contribution in [0.25, 0.3) is 0 Å². The highest BCUT2D eigenvalue weighted by Crippen LogP contribution is 2.22. The molecule has 0 bridgehead atoms. The molecule has 0 aliphatic rings. The lowest BCUT2D eigenvalue weighted by atomic mass is 10.3. The summed E-state index contributed by atoms with van der Waals surface area (Å²) in [5.41, 5.74) is 0.577. The smallest absolute Gasteiger partial charge is 0.265 e. The van der Waals surface area contributed by atoms with Gasteiger partial charge in [-0.2, -0.15) is 0 Å². The van der Waals surface area contributed by atoms with E-state index in [0.717, 1.165) is 0 Å². The fraction of sp³-hybridized carbons (Fsp3) is 0.154. The van der Waals surface area contributed by atoms with Crippen LogP contribution in [0, 0.1) is 0 Å². The molecule has 1 aromatic carbocycles. The van der Waals surface area contributed by atoms with Crippen molar-refractivity contribution >= 4 is 21.5 Å². The first-order valence-electron chi connectivity index (χ1n) is 5.90. The molecule has 0 fully saturated rings. The first kappa shape index (κ1) is 13.4. The van der Waals surface area contributed by atoms with Gasteiger partial charge in [-0.15, -0.1) is 0 Å². The molecule has 0 amide bonds. The van der Waals surface area contributed by atoms with Crippen LogP contribution >= 0.6 is 0 Å². The molecule has 0 saturated carbocycles. The molecule has 1 aromatic heterocycles. The zero-order valence-electron chi connectivity index (χ0n) is 10.5. The Morgan fingerprint density at radius 3 is 2.53 bits per heavy atom. The summed E-state index contributed by atoms with van der Waals surface area (Å²) in [7, 11) is -3.64. The van der Waals surface area contributed by atoms with Crippen molar-refractivity contribution in [2.75, 3.05) is 16.6 Å². The van der Waals surface area contributed by atoms with Crippen LogP contribution in [0.2, 0.25) is 0 Å². The van der Waals surface area contributed by atoms with Crippen molar-refractivity contribution in [1.82, 2.24) is 4.98 Å². The lowest BCUT2D eigenvalue weighted by molar-refractivity contribution is 0.601. The van der Waals surface area contributed by atoms with Crippen molar-refractivity contribution in [1.29, 1.82) is 0 Å². The van der Waals surface area contributed by atoms with Gasteiger partial charge >= 0.3 is 0 Å². The molecule has 0 atom stereocenters. The monoisotopic (exact) mass is 277 g/mol. The molecule has 2 aromatic rings. The number of hydrogen-bond donors (Lipinski definition) is 2. The fourth-order valence-corrected chi connectivity index (χ4v) is 2.85. The molecule has 100 valence electrons. The maximum atomic E-state index is 12.3. The number of rotatable bonds is 5. The number of benzene rings is 1. The third kappa shape index (κ3) is 3.23. The Kier molecular flexibility index (Phi) is 4.01. The zero-order chi connectivity index (χ0) is 13.7. The van der Waals surface area contributed by atoms with Gasteiger partial charge in [0, 0.05) is 12.7 Å². The van der Waals surface area contributed by atoms with Gasteiger partial charge in [-0.3, -0.25) is 4.72 Å². The van der Waals surface area contributed by atoms with E-state index in [0.29, 0.717) is 18.1 Å². The first-order valence-corrected chi connectivity index (χ1v) is 7.38. The van der Waals surface area contributed by atoms with Crippen LogP contribution in [-0.4, -0.2) is 19.9 Å². The summed E-state index contributed by atoms with van der Waals surface area (Å²) in [6.45, 7) is 2.56. The first-order chi connectivity index (χ1) is 9.13. The number of para-hydroxylation sites is 1. The average molecular weight is 277 g/mol. The van der Waals surface area contributed by atoms with Crippen LogP contribution in [0.4, 0.5) is 11.5 Å². The Morgan fingerprint density at radius 2 is 1.84 bits per heavy atom. The molecule has 0 aliphatic carbocycles. The van der Waals surface area contributed by atoms with E-state index in [1.54, 1.807) is 42.5 Å². The van der Waals surface area contributed by atoms with Gasteiger partial charge < -0.3 is 5.32 Å². The summed E-state index contributed by atoms with van der Waals surface area (Å²) in [5, 5.41) is 3.03. The third-order valence-corrected chi connectivity index (χ3v) is 3.86. The number of nitrogens with one attached hydrogen (secondary N) is 2. The quantitative estimate of drug-likeness (QED) is 0.879. The van der Waals surface area contributed by atoms with Crippen molar-refractivity contribution in [2.24, 2.45) is 0 Å². The summed E-state index contributed by atoms with van der Waals surface area (Å²) in [6.07, 6.45) is 1.54. The largest absolute Gasteiger partial charge is 0.384 e. The second-order valence-corrected chi connectivity index (χ2v) is 5.50. The summed E-state index contributed by atoms with van der Waals surface area (Å²) in [5.74, 6) is 0.300. The lowest BCUT2D eigenvalue weighted by Crippen LogP contribution is -2.16. The van der Waals surface area contributed by atoms with E-state index in [2.05, 4.69) is 15.0 Å². The molecule has 0 spiro atoms. The molecular weight excluding hydrogens is 262 g/mol. The van der Waals surface area contributed by atoms with Crippen LogP contribution in [0.15, 0.2) is 53.6 Å². The minimum Gasteiger partial charge on any atom is -0.384 e. The van der Waals surface area contributed by atoms with Gasteiger partial charge in [-0.05, 0) is 31.2 Å². The summed E-state index contributed by atoms with van der Waals surface area (Å²) < 4.78 is 27.1. The highest BCUT2D eigenvalue weighted by atomic mass is 32.2. The van der Waals surface area contributed by atoms with Gasteiger partial charge in [0.05, 0.1) is 5.69 Å². The average Bonchev–Trinajstić information content (AvgIpc) is 2.40. The highest BCUT2D eigenvalue weighted by molar-refractivity contribution is 7.92. The minimum atomic E-state index is -3.64. The van der Waals surface area contributed by atoms with Crippen LogP contribution in [-0.2, 0) is 10.0 Å². The number of nitrogens with zero attached hydrogens (tertiary/aromatic N) is 1. The van der Waals surface area contributed by atoms with Gasteiger partial charge in [-0.1, -0.05) is 18.2 Å². The van der Waals surface area contributed by atoms with Crippen LogP contribution in [0.3, 0.4) is 0 Å². The van der Waals surface area contributed by atoms with Crippen molar-refractivity contribution < 1.29 is 8.42 Å². The summed E-state index contributed by atoms with van der Waals surface area (Å²) in [4.78, 5) is 4.17. The molecular formula is C13H15N3O2S. The Morgan fingerprint density at radius 1 is 1.11 bits per heavy atom. The Labute approximate surface area is 112 Å². The Balaban J connectivity index is 2.35. The predicted molar refractivity (Wildman–Crippen MR) is 75.7 cm³/mol. The van der Waals surface area contributed by atoms with E-state index in [-0.39, 0.29) is 4.90 Å². The SMILES string of the molecule is CCNc1ccccc1S(=O)(=O)Nc1ccccn1. The Bertz CT molecular complexity index is 642. The fourth-order valence-electron chi connectivity index (χ4n) is 1.65. The Hall–Kier alpha value is -2.08.